The first kappa shape index (κ1) is 20.2. The van der Waals surface area contributed by atoms with Crippen molar-refractivity contribution < 1.29 is 0 Å². The van der Waals surface area contributed by atoms with Crippen molar-refractivity contribution in [3.63, 3.8) is 0 Å². The summed E-state index contributed by atoms with van der Waals surface area (Å²) in [6, 6.07) is 8.98. The minimum Gasteiger partial charge on any atom is -0.321 e. The van der Waals surface area contributed by atoms with Crippen molar-refractivity contribution >= 4 is 0 Å². The molecule has 0 aliphatic carbocycles. The van der Waals surface area contributed by atoms with E-state index in [1.807, 2.05) is 0 Å². The molecule has 0 aliphatic rings. The van der Waals surface area contributed by atoms with E-state index in [9.17, 15) is 0 Å². The Morgan fingerprint density at radius 2 is 1.26 bits per heavy atom. The quantitative estimate of drug-likeness (QED) is 0.401. The maximum atomic E-state index is 7.01. The van der Waals surface area contributed by atoms with E-state index >= 15 is 0 Å². The van der Waals surface area contributed by atoms with Crippen LogP contribution in [0.3, 0.4) is 0 Å². The summed E-state index contributed by atoms with van der Waals surface area (Å²) < 4.78 is 0. The third-order valence-corrected chi connectivity index (χ3v) is 5.06. The van der Waals surface area contributed by atoms with Gasteiger partial charge in [0, 0.05) is 5.54 Å². The van der Waals surface area contributed by atoms with Crippen molar-refractivity contribution in [1.29, 1.82) is 0 Å². The number of benzene rings is 1. The Kier molecular flexibility index (Phi) is 10.3. The molecule has 132 valence electrons. The predicted octanol–water partition coefficient (Wildman–Crippen LogP) is 6.73. The molecule has 1 nitrogen and oxygen atoms in total. The van der Waals surface area contributed by atoms with Crippen LogP contribution in [0.15, 0.2) is 24.3 Å². The topological polar surface area (TPSA) is 26.0 Å². The van der Waals surface area contributed by atoms with E-state index in [0.717, 1.165) is 12.8 Å². The molecule has 0 heterocycles. The number of hydrogen-bond acceptors (Lipinski definition) is 1. The van der Waals surface area contributed by atoms with E-state index < -0.39 is 0 Å². The first-order valence-electron chi connectivity index (χ1n) is 10.0. The van der Waals surface area contributed by atoms with E-state index in [2.05, 4.69) is 45.0 Å². The van der Waals surface area contributed by atoms with E-state index in [1.54, 1.807) is 0 Å². The third kappa shape index (κ3) is 7.08. The summed E-state index contributed by atoms with van der Waals surface area (Å²) in [4.78, 5) is 0. The highest BCUT2D eigenvalue weighted by atomic mass is 14.7. The smallest absolute Gasteiger partial charge is 0.0412 e. The average Bonchev–Trinajstić information content (AvgIpc) is 2.56. The first-order chi connectivity index (χ1) is 11.2. The Labute approximate surface area is 145 Å². The summed E-state index contributed by atoms with van der Waals surface area (Å²) in [6.07, 6.45) is 15.0. The van der Waals surface area contributed by atoms with Gasteiger partial charge >= 0.3 is 0 Å². The molecular weight excluding hydrogens is 278 g/mol. The van der Waals surface area contributed by atoms with Gasteiger partial charge < -0.3 is 5.73 Å². The number of nitrogens with two attached hydrogens (primary N) is 1. The van der Waals surface area contributed by atoms with Crippen LogP contribution in [0, 0.1) is 0 Å². The number of unbranched alkanes of at least 4 members (excludes halogenated alkanes) is 6. The molecule has 23 heavy (non-hydrogen) atoms. The summed E-state index contributed by atoms with van der Waals surface area (Å²) in [5.74, 6) is 0. The van der Waals surface area contributed by atoms with Gasteiger partial charge in [-0.15, -0.1) is 0 Å². The van der Waals surface area contributed by atoms with Gasteiger partial charge in [0.15, 0.2) is 0 Å². The number of aryl methyl sites for hydroxylation is 1. The lowest BCUT2D eigenvalue weighted by Gasteiger charge is -2.33. The van der Waals surface area contributed by atoms with Crippen molar-refractivity contribution in [2.45, 2.75) is 103 Å². The Morgan fingerprint density at radius 3 is 1.83 bits per heavy atom. The summed E-state index contributed by atoms with van der Waals surface area (Å²) in [6.45, 7) is 6.82. The van der Waals surface area contributed by atoms with Crippen molar-refractivity contribution in [2.75, 3.05) is 0 Å². The standard InChI is InChI=1S/C22H39N/c1-4-7-10-15-20-16-11-12-17-21(20)22(23,18-13-8-5-2)19-14-9-6-3/h11-12,16-17H,4-10,13-15,18-19,23H2,1-3H3. The maximum Gasteiger partial charge on any atom is 0.0412 e. The molecule has 0 saturated carbocycles. The second kappa shape index (κ2) is 11.7. The van der Waals surface area contributed by atoms with Crippen molar-refractivity contribution in [1.82, 2.24) is 0 Å². The van der Waals surface area contributed by atoms with Crippen LogP contribution in [0.25, 0.3) is 0 Å². The van der Waals surface area contributed by atoms with Gasteiger partial charge in [0.2, 0.25) is 0 Å². The molecule has 0 atom stereocenters. The Hall–Kier alpha value is -0.820. The molecule has 0 saturated heterocycles. The maximum absolute atomic E-state index is 7.01. The molecule has 0 aromatic heterocycles. The van der Waals surface area contributed by atoms with Crippen LogP contribution in [-0.4, -0.2) is 0 Å². The fraction of sp³-hybridized carbons (Fsp3) is 0.727. The van der Waals surface area contributed by atoms with Crippen molar-refractivity contribution in [3.8, 4) is 0 Å². The molecule has 1 heteroatoms. The fourth-order valence-corrected chi connectivity index (χ4v) is 3.56. The Morgan fingerprint density at radius 1 is 0.739 bits per heavy atom. The zero-order chi connectivity index (χ0) is 17.0. The highest BCUT2D eigenvalue weighted by Crippen LogP contribution is 2.33. The molecule has 1 rings (SSSR count). The first-order valence-corrected chi connectivity index (χ1v) is 10.0. The second-order valence-electron chi connectivity index (χ2n) is 7.18. The van der Waals surface area contributed by atoms with Gasteiger partial charge in [-0.1, -0.05) is 96.4 Å². The van der Waals surface area contributed by atoms with Crippen LogP contribution in [0.1, 0.15) is 103 Å². The van der Waals surface area contributed by atoms with E-state index in [0.29, 0.717) is 0 Å². The molecule has 1 aromatic rings. The highest BCUT2D eigenvalue weighted by molar-refractivity contribution is 5.33. The minimum absolute atomic E-state index is 0.118. The van der Waals surface area contributed by atoms with Gasteiger partial charge in [-0.25, -0.2) is 0 Å². The van der Waals surface area contributed by atoms with Gasteiger partial charge in [-0.3, -0.25) is 0 Å². The largest absolute Gasteiger partial charge is 0.321 e. The second-order valence-corrected chi connectivity index (χ2v) is 7.18. The summed E-state index contributed by atoms with van der Waals surface area (Å²) in [5, 5.41) is 0. The zero-order valence-corrected chi connectivity index (χ0v) is 15.9. The van der Waals surface area contributed by atoms with Crippen molar-refractivity contribution in [2.24, 2.45) is 5.73 Å². The van der Waals surface area contributed by atoms with Gasteiger partial charge in [0.05, 0.1) is 0 Å². The van der Waals surface area contributed by atoms with Crippen LogP contribution < -0.4 is 5.73 Å². The molecular formula is C22H39N. The molecule has 0 amide bonds. The van der Waals surface area contributed by atoms with Gasteiger partial charge in [0.1, 0.15) is 0 Å². The molecule has 0 unspecified atom stereocenters. The highest BCUT2D eigenvalue weighted by Gasteiger charge is 2.28. The van der Waals surface area contributed by atoms with E-state index in [4.69, 9.17) is 5.73 Å². The fourth-order valence-electron chi connectivity index (χ4n) is 3.56. The molecule has 1 aromatic carbocycles. The van der Waals surface area contributed by atoms with Gasteiger partial charge in [-0.05, 0) is 36.8 Å². The number of rotatable bonds is 13. The van der Waals surface area contributed by atoms with Crippen LogP contribution in [0.4, 0.5) is 0 Å². The molecule has 0 fully saturated rings. The zero-order valence-electron chi connectivity index (χ0n) is 15.9. The summed E-state index contributed by atoms with van der Waals surface area (Å²) in [5.41, 5.74) is 9.82. The Balaban J connectivity index is 2.90. The molecule has 0 radical (unpaired) electrons. The SMILES string of the molecule is CCCCCc1ccccc1C(N)(CCCCC)CCCCC. The van der Waals surface area contributed by atoms with Gasteiger partial charge in [0.25, 0.3) is 0 Å². The van der Waals surface area contributed by atoms with Crippen LogP contribution in [-0.2, 0) is 12.0 Å². The average molecular weight is 318 g/mol. The normalized spacial score (nSPS) is 11.8. The molecule has 0 bridgehead atoms. The minimum atomic E-state index is -0.118. The van der Waals surface area contributed by atoms with E-state index in [1.165, 1.54) is 75.3 Å². The van der Waals surface area contributed by atoms with E-state index in [-0.39, 0.29) is 5.54 Å². The lowest BCUT2D eigenvalue weighted by molar-refractivity contribution is 0.345. The predicted molar refractivity (Wildman–Crippen MR) is 104 cm³/mol. The van der Waals surface area contributed by atoms with Crippen LogP contribution >= 0.6 is 0 Å². The molecule has 2 N–H and O–H groups in total. The van der Waals surface area contributed by atoms with Gasteiger partial charge in [-0.2, -0.15) is 0 Å². The lowest BCUT2D eigenvalue weighted by atomic mass is 9.78. The monoisotopic (exact) mass is 317 g/mol. The molecule has 0 aliphatic heterocycles. The summed E-state index contributed by atoms with van der Waals surface area (Å²) in [7, 11) is 0. The number of hydrogen-bond donors (Lipinski definition) is 1. The van der Waals surface area contributed by atoms with Crippen molar-refractivity contribution in [3.05, 3.63) is 35.4 Å². The van der Waals surface area contributed by atoms with Crippen LogP contribution in [0.2, 0.25) is 0 Å². The lowest BCUT2D eigenvalue weighted by Crippen LogP contribution is -2.37. The molecule has 0 spiro atoms. The third-order valence-electron chi connectivity index (χ3n) is 5.06. The van der Waals surface area contributed by atoms with Crippen LogP contribution in [0.5, 0.6) is 0 Å². The Bertz CT molecular complexity index is 400. The summed E-state index contributed by atoms with van der Waals surface area (Å²) >= 11 is 0.